The predicted octanol–water partition coefficient (Wildman–Crippen LogP) is 3.66. The lowest BCUT2D eigenvalue weighted by Crippen LogP contribution is -2.24. The Kier molecular flexibility index (Phi) is 4.28. The topological polar surface area (TPSA) is 58.2 Å². The van der Waals surface area contributed by atoms with Crippen molar-refractivity contribution in [3.8, 4) is 17.0 Å². The third-order valence-corrected chi connectivity index (χ3v) is 5.27. The second-order valence-corrected chi connectivity index (χ2v) is 6.96. The van der Waals surface area contributed by atoms with Crippen LogP contribution in [0.5, 0.6) is 5.75 Å². The van der Waals surface area contributed by atoms with Gasteiger partial charge in [0.15, 0.2) is 0 Å². The van der Waals surface area contributed by atoms with Crippen molar-refractivity contribution in [2.45, 2.75) is 18.9 Å². The van der Waals surface area contributed by atoms with E-state index in [1.165, 1.54) is 0 Å². The van der Waals surface area contributed by atoms with Crippen LogP contribution in [-0.4, -0.2) is 34.4 Å². The van der Waals surface area contributed by atoms with Gasteiger partial charge in [0.1, 0.15) is 11.6 Å². The molecule has 5 nitrogen and oxygen atoms in total. The van der Waals surface area contributed by atoms with E-state index in [1.54, 1.807) is 18.4 Å². The van der Waals surface area contributed by atoms with Crippen LogP contribution < -0.4 is 4.74 Å². The van der Waals surface area contributed by atoms with Gasteiger partial charge in [-0.2, -0.15) is 11.3 Å². The highest BCUT2D eigenvalue weighted by molar-refractivity contribution is 7.08. The molecule has 3 heterocycles. The average Bonchev–Trinajstić information content (AvgIpc) is 3.36. The Labute approximate surface area is 150 Å². The molecule has 0 unspecified atom stereocenters. The summed E-state index contributed by atoms with van der Waals surface area (Å²) >= 11 is 1.66. The molecule has 0 radical (unpaired) electrons. The summed E-state index contributed by atoms with van der Waals surface area (Å²) in [7, 11) is 1.66. The number of carbonyl (C=O) groups is 1. The number of hydrogen-bond acceptors (Lipinski definition) is 4. The molecule has 0 saturated carbocycles. The number of aromatic nitrogens is 2. The first-order valence-electron chi connectivity index (χ1n) is 8.21. The quantitative estimate of drug-likeness (QED) is 0.761. The Hall–Kier alpha value is -2.60. The minimum atomic E-state index is 0.106. The molecule has 0 spiro atoms. The van der Waals surface area contributed by atoms with Crippen molar-refractivity contribution < 1.29 is 9.53 Å². The number of carbonyl (C=O) groups excluding carboxylic acids is 1. The Bertz CT molecular complexity index is 872. The number of aromatic amines is 1. The molecule has 1 amide bonds. The zero-order valence-corrected chi connectivity index (χ0v) is 14.8. The molecule has 25 heavy (non-hydrogen) atoms. The molecule has 1 saturated heterocycles. The van der Waals surface area contributed by atoms with Crippen LogP contribution in [0.1, 0.15) is 23.7 Å². The summed E-state index contributed by atoms with van der Waals surface area (Å²) in [6, 6.07) is 9.89. The van der Waals surface area contributed by atoms with Gasteiger partial charge in [0.05, 0.1) is 19.0 Å². The van der Waals surface area contributed by atoms with E-state index in [0.717, 1.165) is 28.4 Å². The number of methoxy groups -OCH3 is 1. The number of benzene rings is 1. The number of nitrogens with zero attached hydrogens (tertiary/aromatic N) is 2. The molecule has 128 valence electrons. The summed E-state index contributed by atoms with van der Waals surface area (Å²) in [5, 5.41) is 4.13. The molecule has 3 aromatic rings. The molecule has 0 aliphatic carbocycles. The summed E-state index contributed by atoms with van der Waals surface area (Å²) in [6.07, 6.45) is 2.34. The summed E-state index contributed by atoms with van der Waals surface area (Å²) in [5.41, 5.74) is 3.17. The lowest BCUT2D eigenvalue weighted by atomic mass is 10.1. The van der Waals surface area contributed by atoms with Crippen LogP contribution in [0.25, 0.3) is 11.3 Å². The van der Waals surface area contributed by atoms with Crippen LogP contribution >= 0.6 is 11.3 Å². The maximum absolute atomic E-state index is 12.4. The molecule has 4 rings (SSSR count). The van der Waals surface area contributed by atoms with E-state index in [-0.39, 0.29) is 11.8 Å². The number of likely N-dealkylation sites (tertiary alicyclic amines) is 1. The van der Waals surface area contributed by atoms with Crippen molar-refractivity contribution in [3.05, 3.63) is 58.7 Å². The van der Waals surface area contributed by atoms with Gasteiger partial charge in [-0.25, -0.2) is 4.98 Å². The minimum Gasteiger partial charge on any atom is -0.496 e. The zero-order valence-electron chi connectivity index (χ0n) is 13.9. The van der Waals surface area contributed by atoms with Crippen LogP contribution in [0.2, 0.25) is 0 Å². The first kappa shape index (κ1) is 15.9. The van der Waals surface area contributed by atoms with Gasteiger partial charge in [0, 0.05) is 41.9 Å². The molecule has 2 aromatic heterocycles. The van der Waals surface area contributed by atoms with Crippen molar-refractivity contribution in [2.75, 3.05) is 13.7 Å². The molecule has 1 atom stereocenters. The molecule has 6 heteroatoms. The van der Waals surface area contributed by atoms with Gasteiger partial charge in [-0.05, 0) is 17.5 Å². The van der Waals surface area contributed by atoms with E-state index >= 15 is 0 Å². The van der Waals surface area contributed by atoms with Gasteiger partial charge in [0.25, 0.3) is 0 Å². The lowest BCUT2D eigenvalue weighted by Gasteiger charge is -2.18. The first-order valence-corrected chi connectivity index (χ1v) is 9.16. The predicted molar refractivity (Wildman–Crippen MR) is 97.7 cm³/mol. The fraction of sp³-hybridized carbons (Fsp3) is 0.263. The zero-order chi connectivity index (χ0) is 17.2. The molecule has 1 N–H and O–H groups in total. The van der Waals surface area contributed by atoms with E-state index in [1.807, 2.05) is 40.7 Å². The van der Waals surface area contributed by atoms with Crippen LogP contribution in [-0.2, 0) is 11.3 Å². The Morgan fingerprint density at radius 1 is 1.36 bits per heavy atom. The Balaban J connectivity index is 1.49. The van der Waals surface area contributed by atoms with Crippen LogP contribution in [0.15, 0.2) is 47.3 Å². The minimum absolute atomic E-state index is 0.106. The van der Waals surface area contributed by atoms with E-state index in [0.29, 0.717) is 19.5 Å². The highest BCUT2D eigenvalue weighted by Gasteiger charge is 2.32. The molecule has 1 aliphatic heterocycles. The van der Waals surface area contributed by atoms with Crippen molar-refractivity contribution in [2.24, 2.45) is 0 Å². The summed E-state index contributed by atoms with van der Waals surface area (Å²) in [4.78, 5) is 22.2. The van der Waals surface area contributed by atoms with Crippen molar-refractivity contribution in [1.82, 2.24) is 14.9 Å². The van der Waals surface area contributed by atoms with Crippen LogP contribution in [0.4, 0.5) is 0 Å². The third kappa shape index (κ3) is 3.17. The number of hydrogen-bond donors (Lipinski definition) is 1. The maximum atomic E-state index is 12.4. The fourth-order valence-electron chi connectivity index (χ4n) is 3.26. The smallest absolute Gasteiger partial charge is 0.223 e. The van der Waals surface area contributed by atoms with Crippen molar-refractivity contribution in [3.63, 3.8) is 0 Å². The van der Waals surface area contributed by atoms with Gasteiger partial charge in [0.2, 0.25) is 5.91 Å². The standard InChI is InChI=1S/C19H19N3O2S/c1-24-17-5-3-2-4-13(17)10-22-11-15(8-18(22)23)19-20-9-16(21-19)14-6-7-25-12-14/h2-7,9,12,15H,8,10-11H2,1H3,(H,20,21)/t15-/m0/s1. The molecule has 1 fully saturated rings. The summed E-state index contributed by atoms with van der Waals surface area (Å²) in [5.74, 6) is 1.97. The molecule has 0 bridgehead atoms. The number of para-hydroxylation sites is 1. The Morgan fingerprint density at radius 3 is 3.04 bits per heavy atom. The van der Waals surface area contributed by atoms with Crippen LogP contribution in [0.3, 0.4) is 0 Å². The largest absolute Gasteiger partial charge is 0.496 e. The van der Waals surface area contributed by atoms with Gasteiger partial charge in [-0.3, -0.25) is 4.79 Å². The number of thiophene rings is 1. The highest BCUT2D eigenvalue weighted by atomic mass is 32.1. The molecule has 1 aromatic carbocycles. The average molecular weight is 353 g/mol. The number of imidazole rings is 1. The molecule has 1 aliphatic rings. The molecular weight excluding hydrogens is 334 g/mol. The summed E-state index contributed by atoms with van der Waals surface area (Å²) < 4.78 is 5.39. The van der Waals surface area contributed by atoms with E-state index < -0.39 is 0 Å². The second-order valence-electron chi connectivity index (χ2n) is 6.18. The number of H-pyrrole nitrogens is 1. The number of rotatable bonds is 5. The van der Waals surface area contributed by atoms with Gasteiger partial charge in [-0.1, -0.05) is 18.2 Å². The van der Waals surface area contributed by atoms with E-state index in [4.69, 9.17) is 4.74 Å². The van der Waals surface area contributed by atoms with E-state index in [9.17, 15) is 4.79 Å². The third-order valence-electron chi connectivity index (χ3n) is 4.58. The first-order chi connectivity index (χ1) is 12.2. The van der Waals surface area contributed by atoms with Gasteiger partial charge >= 0.3 is 0 Å². The number of amides is 1. The van der Waals surface area contributed by atoms with Crippen molar-refractivity contribution >= 4 is 17.2 Å². The molecular formula is C19H19N3O2S. The van der Waals surface area contributed by atoms with Crippen molar-refractivity contribution in [1.29, 1.82) is 0 Å². The van der Waals surface area contributed by atoms with Crippen LogP contribution in [0, 0.1) is 0 Å². The number of ether oxygens (including phenoxy) is 1. The normalized spacial score (nSPS) is 17.2. The second kappa shape index (κ2) is 6.72. The lowest BCUT2D eigenvalue weighted by molar-refractivity contribution is -0.128. The SMILES string of the molecule is COc1ccccc1CN1C[C@@H](c2ncc(-c3ccsc3)[nH]2)CC1=O. The highest BCUT2D eigenvalue weighted by Crippen LogP contribution is 2.30. The summed E-state index contributed by atoms with van der Waals surface area (Å²) in [6.45, 7) is 1.24. The fourth-order valence-corrected chi connectivity index (χ4v) is 3.91. The van der Waals surface area contributed by atoms with E-state index in [2.05, 4.69) is 21.4 Å². The van der Waals surface area contributed by atoms with Gasteiger partial charge in [-0.15, -0.1) is 0 Å². The van der Waals surface area contributed by atoms with Gasteiger partial charge < -0.3 is 14.6 Å². The Morgan fingerprint density at radius 2 is 2.24 bits per heavy atom. The monoisotopic (exact) mass is 353 g/mol. The number of nitrogens with one attached hydrogen (secondary N) is 1. The maximum Gasteiger partial charge on any atom is 0.223 e.